The SMILES string of the molecule is O=C(c1nnc(-c2ncccc2F)o1)N1CCc2[nH]cnc2[C@@H]1c1cc2ccccn2n1. The third kappa shape index (κ3) is 2.86. The van der Waals surface area contributed by atoms with Gasteiger partial charge in [0, 0.05) is 31.1 Å². The van der Waals surface area contributed by atoms with Gasteiger partial charge in [-0.1, -0.05) is 6.07 Å². The third-order valence-electron chi connectivity index (χ3n) is 5.42. The van der Waals surface area contributed by atoms with Crippen LogP contribution in [0.1, 0.15) is 33.8 Å². The molecule has 0 saturated heterocycles. The lowest BCUT2D eigenvalue weighted by molar-refractivity contribution is 0.0646. The Labute approximate surface area is 179 Å². The van der Waals surface area contributed by atoms with E-state index >= 15 is 0 Å². The summed E-state index contributed by atoms with van der Waals surface area (Å²) in [7, 11) is 0. The summed E-state index contributed by atoms with van der Waals surface area (Å²) in [5.41, 5.74) is 3.10. The standard InChI is InChI=1S/C21H15FN8O2/c22-13-5-3-7-23-16(13)19-26-27-20(32-19)21(31)29-9-6-14-17(25-11-24-14)18(29)15-10-12-4-1-2-8-30(12)28-15/h1-5,7-8,10-11,18H,6,9H2,(H,24,25)/t18-/m0/s1. The fraction of sp³-hybridized carbons (Fsp3) is 0.143. The van der Waals surface area contributed by atoms with Crippen LogP contribution in [0.2, 0.25) is 0 Å². The number of imidazole rings is 1. The Morgan fingerprint density at radius 1 is 1.19 bits per heavy atom. The zero-order valence-electron chi connectivity index (χ0n) is 16.5. The zero-order chi connectivity index (χ0) is 21.7. The molecule has 1 atom stereocenters. The minimum absolute atomic E-state index is 0.107. The van der Waals surface area contributed by atoms with Gasteiger partial charge >= 0.3 is 11.8 Å². The largest absolute Gasteiger partial charge is 0.411 e. The Kier molecular flexibility index (Phi) is 4.06. The number of amides is 1. The monoisotopic (exact) mass is 430 g/mol. The van der Waals surface area contributed by atoms with Crippen molar-refractivity contribution in [2.24, 2.45) is 0 Å². The second-order valence-corrected chi connectivity index (χ2v) is 7.30. The molecule has 0 spiro atoms. The van der Waals surface area contributed by atoms with Crippen molar-refractivity contribution in [2.75, 3.05) is 6.54 Å². The highest BCUT2D eigenvalue weighted by Gasteiger charge is 2.38. The van der Waals surface area contributed by atoms with E-state index in [-0.39, 0.29) is 17.5 Å². The molecular weight excluding hydrogens is 415 g/mol. The van der Waals surface area contributed by atoms with Crippen molar-refractivity contribution in [3.8, 4) is 11.6 Å². The molecule has 10 nitrogen and oxygen atoms in total. The van der Waals surface area contributed by atoms with E-state index in [2.05, 4.69) is 30.2 Å². The van der Waals surface area contributed by atoms with Crippen LogP contribution in [0, 0.1) is 5.82 Å². The number of aromatic nitrogens is 7. The van der Waals surface area contributed by atoms with Crippen LogP contribution >= 0.6 is 0 Å². The van der Waals surface area contributed by atoms with E-state index in [1.54, 1.807) is 15.7 Å². The normalized spacial score (nSPS) is 15.8. The quantitative estimate of drug-likeness (QED) is 0.467. The number of nitrogens with zero attached hydrogens (tertiary/aromatic N) is 7. The number of carbonyl (C=O) groups is 1. The Balaban J connectivity index is 1.40. The Bertz CT molecular complexity index is 1420. The summed E-state index contributed by atoms with van der Waals surface area (Å²) < 4.78 is 21.3. The maximum absolute atomic E-state index is 14.0. The summed E-state index contributed by atoms with van der Waals surface area (Å²) in [6, 6.07) is 9.79. The van der Waals surface area contributed by atoms with Crippen LogP contribution in [0.15, 0.2) is 59.5 Å². The van der Waals surface area contributed by atoms with Crippen molar-refractivity contribution in [3.05, 3.63) is 83.9 Å². The average molecular weight is 430 g/mol. The van der Waals surface area contributed by atoms with Crippen LogP contribution < -0.4 is 0 Å². The number of H-pyrrole nitrogens is 1. The van der Waals surface area contributed by atoms with Crippen LogP contribution in [0.5, 0.6) is 0 Å². The molecule has 5 aromatic heterocycles. The molecule has 0 saturated carbocycles. The van der Waals surface area contributed by atoms with E-state index in [1.165, 1.54) is 18.3 Å². The molecule has 158 valence electrons. The number of aromatic amines is 1. The van der Waals surface area contributed by atoms with Gasteiger partial charge < -0.3 is 14.3 Å². The average Bonchev–Trinajstić information content (AvgIpc) is 3.57. The lowest BCUT2D eigenvalue weighted by Crippen LogP contribution is -2.41. The molecule has 0 unspecified atom stereocenters. The zero-order valence-corrected chi connectivity index (χ0v) is 16.5. The van der Waals surface area contributed by atoms with Gasteiger partial charge in [0.05, 0.1) is 23.2 Å². The summed E-state index contributed by atoms with van der Waals surface area (Å²) in [5, 5.41) is 12.3. The topological polar surface area (TPSA) is 118 Å². The highest BCUT2D eigenvalue weighted by molar-refractivity contribution is 5.90. The second kappa shape index (κ2) is 7.08. The minimum Gasteiger partial charge on any atom is -0.411 e. The van der Waals surface area contributed by atoms with Gasteiger partial charge in [-0.15, -0.1) is 10.2 Å². The van der Waals surface area contributed by atoms with Crippen molar-refractivity contribution in [2.45, 2.75) is 12.5 Å². The maximum Gasteiger partial charge on any atom is 0.312 e. The molecule has 1 aliphatic heterocycles. The van der Waals surface area contributed by atoms with E-state index in [9.17, 15) is 9.18 Å². The molecule has 1 N–H and O–H groups in total. The van der Waals surface area contributed by atoms with Crippen LogP contribution in [-0.2, 0) is 6.42 Å². The van der Waals surface area contributed by atoms with Crippen LogP contribution in [0.3, 0.4) is 0 Å². The number of pyridine rings is 2. The van der Waals surface area contributed by atoms with Gasteiger partial charge in [-0.05, 0) is 30.3 Å². The molecule has 0 aromatic carbocycles. The first-order valence-corrected chi connectivity index (χ1v) is 9.91. The summed E-state index contributed by atoms with van der Waals surface area (Å²) in [5.74, 6) is -1.52. The van der Waals surface area contributed by atoms with Crippen LogP contribution in [0.25, 0.3) is 17.1 Å². The third-order valence-corrected chi connectivity index (χ3v) is 5.42. The Morgan fingerprint density at radius 3 is 3.00 bits per heavy atom. The van der Waals surface area contributed by atoms with Gasteiger partial charge in [0.15, 0.2) is 11.5 Å². The molecule has 1 aliphatic rings. The summed E-state index contributed by atoms with van der Waals surface area (Å²) in [4.78, 5) is 26.5. The van der Waals surface area contributed by atoms with Gasteiger partial charge in [0.25, 0.3) is 5.89 Å². The number of nitrogens with one attached hydrogen (secondary N) is 1. The molecule has 32 heavy (non-hydrogen) atoms. The lowest BCUT2D eigenvalue weighted by Gasteiger charge is -2.32. The number of halogens is 1. The molecule has 1 amide bonds. The summed E-state index contributed by atoms with van der Waals surface area (Å²) in [6.45, 7) is 0.391. The van der Waals surface area contributed by atoms with E-state index in [0.29, 0.717) is 24.4 Å². The Hall–Kier alpha value is -4.41. The molecule has 11 heteroatoms. The van der Waals surface area contributed by atoms with Gasteiger partial charge in [-0.3, -0.25) is 4.79 Å². The predicted molar refractivity (Wildman–Crippen MR) is 108 cm³/mol. The van der Waals surface area contributed by atoms with E-state index in [4.69, 9.17) is 4.42 Å². The molecular formula is C21H15FN8O2. The summed E-state index contributed by atoms with van der Waals surface area (Å²) in [6.07, 6.45) is 5.44. The fourth-order valence-corrected chi connectivity index (χ4v) is 3.96. The van der Waals surface area contributed by atoms with Crippen molar-refractivity contribution < 1.29 is 13.6 Å². The highest BCUT2D eigenvalue weighted by Crippen LogP contribution is 2.34. The van der Waals surface area contributed by atoms with E-state index in [1.807, 2.05) is 30.5 Å². The van der Waals surface area contributed by atoms with E-state index < -0.39 is 17.8 Å². The van der Waals surface area contributed by atoms with Crippen LogP contribution in [-0.4, -0.2) is 52.1 Å². The highest BCUT2D eigenvalue weighted by atomic mass is 19.1. The molecule has 0 radical (unpaired) electrons. The number of carbonyl (C=O) groups excluding carboxylic acids is 1. The number of fused-ring (bicyclic) bond motifs is 2. The van der Waals surface area contributed by atoms with Crippen molar-refractivity contribution in [3.63, 3.8) is 0 Å². The van der Waals surface area contributed by atoms with Crippen molar-refractivity contribution >= 4 is 11.4 Å². The Morgan fingerprint density at radius 2 is 2.12 bits per heavy atom. The predicted octanol–water partition coefficient (Wildman–Crippen LogP) is 2.43. The van der Waals surface area contributed by atoms with Gasteiger partial charge in [0.2, 0.25) is 0 Å². The molecule has 6 rings (SSSR count). The van der Waals surface area contributed by atoms with Crippen molar-refractivity contribution in [1.29, 1.82) is 0 Å². The number of hydrogen-bond acceptors (Lipinski definition) is 7. The molecule has 0 aliphatic carbocycles. The fourth-order valence-electron chi connectivity index (χ4n) is 3.96. The second-order valence-electron chi connectivity index (χ2n) is 7.30. The van der Waals surface area contributed by atoms with Crippen molar-refractivity contribution in [1.82, 2.24) is 39.7 Å². The number of hydrogen-bond donors (Lipinski definition) is 1. The van der Waals surface area contributed by atoms with Crippen LogP contribution in [0.4, 0.5) is 4.39 Å². The van der Waals surface area contributed by atoms with Gasteiger partial charge in [0.1, 0.15) is 6.04 Å². The van der Waals surface area contributed by atoms with E-state index in [0.717, 1.165) is 11.2 Å². The first-order chi connectivity index (χ1) is 15.7. The summed E-state index contributed by atoms with van der Waals surface area (Å²) >= 11 is 0. The lowest BCUT2D eigenvalue weighted by atomic mass is 9.99. The molecule has 0 fully saturated rings. The maximum atomic E-state index is 14.0. The first-order valence-electron chi connectivity index (χ1n) is 9.91. The smallest absolute Gasteiger partial charge is 0.312 e. The first kappa shape index (κ1) is 18.4. The van der Waals surface area contributed by atoms with Gasteiger partial charge in [-0.25, -0.2) is 18.9 Å². The molecule has 6 heterocycles. The number of rotatable bonds is 3. The van der Waals surface area contributed by atoms with Gasteiger partial charge in [-0.2, -0.15) is 5.10 Å². The minimum atomic E-state index is -0.614. The molecule has 0 bridgehead atoms. The molecule has 5 aromatic rings.